The van der Waals surface area contributed by atoms with E-state index in [-0.39, 0.29) is 18.0 Å². The van der Waals surface area contributed by atoms with Crippen LogP contribution in [0.25, 0.3) is 0 Å². The zero-order valence-electron chi connectivity index (χ0n) is 20.0. The van der Waals surface area contributed by atoms with Crippen LogP contribution in [0.3, 0.4) is 0 Å². The molecule has 4 rings (SSSR count). The average Bonchev–Trinajstić information content (AvgIpc) is 3.00. The van der Waals surface area contributed by atoms with Gasteiger partial charge >= 0.3 is 0 Å². The van der Waals surface area contributed by atoms with E-state index < -0.39 is 5.41 Å². The second-order valence-electron chi connectivity index (χ2n) is 9.25. The molecular weight excluding hydrogens is 416 g/mol. The van der Waals surface area contributed by atoms with Crippen LogP contribution in [0.5, 0.6) is 17.2 Å². The maximum atomic E-state index is 13.4. The summed E-state index contributed by atoms with van der Waals surface area (Å²) in [4.78, 5) is 13.4. The topological polar surface area (TPSA) is 60.0 Å². The fourth-order valence-corrected chi connectivity index (χ4v) is 4.67. The van der Waals surface area contributed by atoms with Crippen LogP contribution in [0.1, 0.15) is 56.7 Å². The van der Waals surface area contributed by atoms with Crippen molar-refractivity contribution >= 4 is 5.91 Å². The van der Waals surface area contributed by atoms with E-state index in [9.17, 15) is 4.79 Å². The molecule has 0 saturated carbocycles. The third kappa shape index (κ3) is 4.71. The standard InChI is InChI=1S/C27H34N2O4/c1-27(2)25(28-29(26(27)30)21-12-7-5-6-8-13-21)19-15-16-23(32-4)24(17-19)33-18-20-11-9-10-14-22(20)31-3/h7,9-12,14-17,21,25,28H,5-6,8,13,18H2,1-4H3/t21-,25?/m0/s1. The molecule has 2 aromatic carbocycles. The predicted octanol–water partition coefficient (Wildman–Crippen LogP) is 5.20. The zero-order valence-corrected chi connectivity index (χ0v) is 20.0. The molecule has 0 radical (unpaired) electrons. The molecule has 176 valence electrons. The largest absolute Gasteiger partial charge is 0.496 e. The quantitative estimate of drug-likeness (QED) is 0.588. The summed E-state index contributed by atoms with van der Waals surface area (Å²) in [5, 5.41) is 1.84. The lowest BCUT2D eigenvalue weighted by Gasteiger charge is -2.25. The minimum atomic E-state index is -0.589. The van der Waals surface area contributed by atoms with E-state index in [0.717, 1.165) is 36.1 Å². The van der Waals surface area contributed by atoms with Gasteiger partial charge in [-0.1, -0.05) is 42.8 Å². The van der Waals surface area contributed by atoms with Crippen molar-refractivity contribution < 1.29 is 19.0 Å². The lowest BCUT2D eigenvalue weighted by Crippen LogP contribution is -2.43. The Morgan fingerprint density at radius 3 is 2.61 bits per heavy atom. The summed E-state index contributed by atoms with van der Waals surface area (Å²) in [5.41, 5.74) is 4.87. The summed E-state index contributed by atoms with van der Waals surface area (Å²) in [6, 6.07) is 13.6. The number of allylic oxidation sites excluding steroid dienone is 1. The third-order valence-electron chi connectivity index (χ3n) is 6.67. The first-order valence-corrected chi connectivity index (χ1v) is 11.6. The molecule has 2 aliphatic rings. The summed E-state index contributed by atoms with van der Waals surface area (Å²) in [5.74, 6) is 2.19. The SMILES string of the molecule is COc1ccccc1COc1cc(C2NN([C@H]3C=CCCCC3)C(=O)C2(C)C)ccc1OC. The van der Waals surface area contributed by atoms with Gasteiger partial charge in [-0.05, 0) is 56.9 Å². The fourth-order valence-electron chi connectivity index (χ4n) is 4.67. The number of hydrogen-bond donors (Lipinski definition) is 1. The van der Waals surface area contributed by atoms with Crippen LogP contribution < -0.4 is 19.6 Å². The Morgan fingerprint density at radius 2 is 1.82 bits per heavy atom. The number of rotatable bonds is 7. The van der Waals surface area contributed by atoms with Gasteiger partial charge < -0.3 is 14.2 Å². The van der Waals surface area contributed by atoms with E-state index in [2.05, 4.69) is 17.6 Å². The first-order chi connectivity index (χ1) is 16.0. The molecule has 2 aromatic rings. The molecule has 1 saturated heterocycles. The molecule has 2 atom stereocenters. The van der Waals surface area contributed by atoms with Crippen LogP contribution in [0, 0.1) is 5.41 Å². The minimum absolute atomic E-state index is 0.0868. The highest BCUT2D eigenvalue weighted by atomic mass is 16.5. The highest BCUT2D eigenvalue weighted by molar-refractivity contribution is 5.85. The normalized spacial score (nSPS) is 22.2. The number of hydrogen-bond acceptors (Lipinski definition) is 5. The predicted molar refractivity (Wildman–Crippen MR) is 128 cm³/mol. The van der Waals surface area contributed by atoms with Crippen LogP contribution in [-0.2, 0) is 11.4 Å². The molecule has 1 fully saturated rings. The zero-order chi connectivity index (χ0) is 23.4. The Kier molecular flexibility index (Phi) is 6.94. The van der Waals surface area contributed by atoms with Gasteiger partial charge in [0.2, 0.25) is 5.91 Å². The second-order valence-corrected chi connectivity index (χ2v) is 9.25. The van der Waals surface area contributed by atoms with Crippen molar-refractivity contribution in [1.29, 1.82) is 0 Å². The molecular formula is C27H34N2O4. The van der Waals surface area contributed by atoms with Crippen LogP contribution in [-0.4, -0.2) is 31.2 Å². The van der Waals surface area contributed by atoms with Crippen molar-refractivity contribution in [1.82, 2.24) is 10.4 Å². The third-order valence-corrected chi connectivity index (χ3v) is 6.67. The van der Waals surface area contributed by atoms with Gasteiger partial charge in [0.1, 0.15) is 12.4 Å². The summed E-state index contributed by atoms with van der Waals surface area (Å²) in [6.45, 7) is 4.36. The number of para-hydroxylation sites is 1. The molecule has 33 heavy (non-hydrogen) atoms. The number of ether oxygens (including phenoxy) is 3. The number of benzene rings is 2. The molecule has 1 aliphatic heterocycles. The maximum Gasteiger partial charge on any atom is 0.244 e. The number of methoxy groups -OCH3 is 2. The molecule has 0 bridgehead atoms. The number of hydrazine groups is 1. The Hall–Kier alpha value is -2.99. The molecule has 1 heterocycles. The molecule has 0 spiro atoms. The molecule has 0 aromatic heterocycles. The molecule has 6 nitrogen and oxygen atoms in total. The van der Waals surface area contributed by atoms with E-state index in [1.165, 1.54) is 6.42 Å². The highest BCUT2D eigenvalue weighted by Crippen LogP contribution is 2.43. The second kappa shape index (κ2) is 9.87. The van der Waals surface area contributed by atoms with Crippen molar-refractivity contribution in [2.75, 3.05) is 14.2 Å². The van der Waals surface area contributed by atoms with Gasteiger partial charge in [0.15, 0.2) is 11.5 Å². The van der Waals surface area contributed by atoms with Crippen molar-refractivity contribution in [3.8, 4) is 17.2 Å². The molecule has 6 heteroatoms. The van der Waals surface area contributed by atoms with E-state index in [1.807, 2.05) is 61.3 Å². The number of carbonyl (C=O) groups is 1. The summed E-state index contributed by atoms with van der Waals surface area (Å²) < 4.78 is 17.2. The smallest absolute Gasteiger partial charge is 0.244 e. The Balaban J connectivity index is 1.58. The fraction of sp³-hybridized carbons (Fsp3) is 0.444. The first-order valence-electron chi connectivity index (χ1n) is 11.6. The molecule has 1 N–H and O–H groups in total. The van der Waals surface area contributed by atoms with E-state index in [0.29, 0.717) is 18.1 Å². The van der Waals surface area contributed by atoms with Gasteiger partial charge in [0.25, 0.3) is 0 Å². The van der Waals surface area contributed by atoms with Crippen LogP contribution in [0.2, 0.25) is 0 Å². The van der Waals surface area contributed by atoms with Crippen molar-refractivity contribution in [3.05, 3.63) is 65.7 Å². The van der Waals surface area contributed by atoms with Crippen LogP contribution >= 0.6 is 0 Å². The molecule has 1 unspecified atom stereocenters. The number of nitrogens with one attached hydrogen (secondary N) is 1. The van der Waals surface area contributed by atoms with Gasteiger partial charge in [-0.2, -0.15) is 0 Å². The van der Waals surface area contributed by atoms with Gasteiger partial charge in [-0.3, -0.25) is 9.80 Å². The summed E-state index contributed by atoms with van der Waals surface area (Å²) in [7, 11) is 3.28. The molecule has 1 amide bonds. The lowest BCUT2D eigenvalue weighted by atomic mass is 9.81. The summed E-state index contributed by atoms with van der Waals surface area (Å²) in [6.07, 6.45) is 8.73. The summed E-state index contributed by atoms with van der Waals surface area (Å²) >= 11 is 0. The van der Waals surface area contributed by atoms with E-state index in [1.54, 1.807) is 14.2 Å². The number of carbonyl (C=O) groups excluding carboxylic acids is 1. The molecule has 1 aliphatic carbocycles. The van der Waals surface area contributed by atoms with Gasteiger partial charge in [0.05, 0.1) is 31.7 Å². The highest BCUT2D eigenvalue weighted by Gasteiger charge is 2.49. The Labute approximate surface area is 196 Å². The van der Waals surface area contributed by atoms with E-state index in [4.69, 9.17) is 14.2 Å². The van der Waals surface area contributed by atoms with E-state index >= 15 is 0 Å². The first kappa shape index (κ1) is 23.2. The van der Waals surface area contributed by atoms with Crippen LogP contribution in [0.15, 0.2) is 54.6 Å². The number of amides is 1. The lowest BCUT2D eigenvalue weighted by molar-refractivity contribution is -0.137. The van der Waals surface area contributed by atoms with Gasteiger partial charge in [-0.15, -0.1) is 0 Å². The Morgan fingerprint density at radius 1 is 1.03 bits per heavy atom. The van der Waals surface area contributed by atoms with Crippen molar-refractivity contribution in [2.24, 2.45) is 5.41 Å². The van der Waals surface area contributed by atoms with Crippen molar-refractivity contribution in [3.63, 3.8) is 0 Å². The van der Waals surface area contributed by atoms with Crippen LogP contribution in [0.4, 0.5) is 0 Å². The monoisotopic (exact) mass is 450 g/mol. The van der Waals surface area contributed by atoms with Crippen molar-refractivity contribution in [2.45, 2.75) is 58.2 Å². The Bertz CT molecular complexity index is 1020. The average molecular weight is 451 g/mol. The minimum Gasteiger partial charge on any atom is -0.496 e. The number of nitrogens with zero attached hydrogens (tertiary/aromatic N) is 1. The maximum absolute atomic E-state index is 13.4. The van der Waals surface area contributed by atoms with Gasteiger partial charge in [0, 0.05) is 5.56 Å². The van der Waals surface area contributed by atoms with Gasteiger partial charge in [-0.25, -0.2) is 5.43 Å².